The van der Waals surface area contributed by atoms with E-state index in [9.17, 15) is 26.4 Å². The molecular formula is C26H25F3N4O4S. The highest BCUT2D eigenvalue weighted by Crippen LogP contribution is 2.31. The highest BCUT2D eigenvalue weighted by atomic mass is 32.2. The van der Waals surface area contributed by atoms with E-state index in [0.29, 0.717) is 40.8 Å². The lowest BCUT2D eigenvalue weighted by Crippen LogP contribution is -2.46. The SMILES string of the molecule is C=N/C(=C\C(=N/C)c1ccc(C(F)(F)F)cc1)CNC(=O)[C@@H]1CCCN1S(=O)(=O)c1cc2ccccc2o1. The third-order valence-corrected chi connectivity index (χ3v) is 7.94. The van der Waals surface area contributed by atoms with Gasteiger partial charge in [0.2, 0.25) is 11.0 Å². The summed E-state index contributed by atoms with van der Waals surface area (Å²) in [6, 6.07) is 11.9. The van der Waals surface area contributed by atoms with Crippen molar-refractivity contribution < 1.29 is 30.8 Å². The van der Waals surface area contributed by atoms with Gasteiger partial charge in [-0.05, 0) is 49.4 Å². The van der Waals surface area contributed by atoms with Crippen LogP contribution in [0.15, 0.2) is 85.9 Å². The molecule has 0 spiro atoms. The molecule has 1 atom stereocenters. The van der Waals surface area contributed by atoms with E-state index in [0.717, 1.165) is 16.4 Å². The van der Waals surface area contributed by atoms with Crippen molar-refractivity contribution in [2.24, 2.45) is 9.98 Å². The van der Waals surface area contributed by atoms with Crippen molar-refractivity contribution >= 4 is 39.3 Å². The zero-order valence-corrected chi connectivity index (χ0v) is 21.2. The third kappa shape index (κ3) is 5.70. The summed E-state index contributed by atoms with van der Waals surface area (Å²) in [5.41, 5.74) is 0.703. The highest BCUT2D eigenvalue weighted by molar-refractivity contribution is 7.89. The summed E-state index contributed by atoms with van der Waals surface area (Å²) in [6.45, 7) is 3.57. The van der Waals surface area contributed by atoms with Crippen LogP contribution in [0.4, 0.5) is 13.2 Å². The number of benzene rings is 2. The monoisotopic (exact) mass is 546 g/mol. The van der Waals surface area contributed by atoms with E-state index in [4.69, 9.17) is 4.42 Å². The number of halogens is 3. The van der Waals surface area contributed by atoms with Gasteiger partial charge >= 0.3 is 6.18 Å². The zero-order valence-electron chi connectivity index (χ0n) is 20.4. The number of nitrogens with zero attached hydrogens (tertiary/aromatic N) is 3. The van der Waals surface area contributed by atoms with Crippen molar-refractivity contribution in [1.29, 1.82) is 0 Å². The fourth-order valence-electron chi connectivity index (χ4n) is 4.20. The van der Waals surface area contributed by atoms with Gasteiger partial charge in [-0.15, -0.1) is 0 Å². The van der Waals surface area contributed by atoms with Crippen LogP contribution in [0.5, 0.6) is 0 Å². The van der Waals surface area contributed by atoms with Crippen molar-refractivity contribution in [2.75, 3.05) is 20.1 Å². The van der Waals surface area contributed by atoms with Gasteiger partial charge in [-0.3, -0.25) is 14.8 Å². The Morgan fingerprint density at radius 2 is 1.92 bits per heavy atom. The Hall–Kier alpha value is -3.77. The molecular weight excluding hydrogens is 521 g/mol. The molecule has 12 heteroatoms. The summed E-state index contributed by atoms with van der Waals surface area (Å²) in [5, 5.41) is 3.09. The number of carbonyl (C=O) groups is 1. The number of allylic oxidation sites excluding steroid dienone is 1. The second-order valence-corrected chi connectivity index (χ2v) is 10.4. The molecule has 0 unspecified atom stereocenters. The van der Waals surface area contributed by atoms with Crippen LogP contribution < -0.4 is 5.32 Å². The molecule has 0 bridgehead atoms. The predicted octanol–water partition coefficient (Wildman–Crippen LogP) is 4.42. The van der Waals surface area contributed by atoms with E-state index < -0.39 is 33.7 Å². The smallest absolute Gasteiger partial charge is 0.416 e. The number of hydrogen-bond donors (Lipinski definition) is 1. The number of rotatable bonds is 8. The van der Waals surface area contributed by atoms with Crippen LogP contribution in [0.3, 0.4) is 0 Å². The van der Waals surface area contributed by atoms with Crippen LogP contribution in [-0.2, 0) is 21.0 Å². The van der Waals surface area contributed by atoms with E-state index in [1.54, 1.807) is 24.3 Å². The molecule has 1 saturated heterocycles. The number of furan rings is 1. The molecule has 38 heavy (non-hydrogen) atoms. The Morgan fingerprint density at radius 3 is 2.55 bits per heavy atom. The topological polar surface area (TPSA) is 104 Å². The van der Waals surface area contributed by atoms with Gasteiger partial charge in [0.05, 0.1) is 23.5 Å². The molecule has 2 heterocycles. The van der Waals surface area contributed by atoms with Crippen LogP contribution in [0, 0.1) is 0 Å². The van der Waals surface area contributed by atoms with Crippen molar-refractivity contribution in [2.45, 2.75) is 30.2 Å². The normalized spacial score (nSPS) is 17.6. The summed E-state index contributed by atoms with van der Waals surface area (Å²) in [4.78, 5) is 21.0. The molecule has 1 aliphatic rings. The van der Waals surface area contributed by atoms with Crippen LogP contribution in [0.1, 0.15) is 24.0 Å². The fourth-order valence-corrected chi connectivity index (χ4v) is 5.81. The minimum atomic E-state index is -4.46. The van der Waals surface area contributed by atoms with Gasteiger partial charge in [-0.25, -0.2) is 8.42 Å². The standard InChI is InChI=1S/C26H25F3N4O4S/c1-30-20(15-21(31-2)17-9-11-19(12-10-17)26(27,28)29)16-32-25(34)22-7-5-13-33(22)38(35,36)24-14-18-6-3-4-8-23(18)37-24/h3-4,6,8-12,14-15,22H,1,5,7,13,16H2,2H3,(H,32,34)/b20-15-,31-21+/t22-/m0/s1. The first-order chi connectivity index (χ1) is 18.0. The van der Waals surface area contributed by atoms with Gasteiger partial charge in [0.25, 0.3) is 10.0 Å². The summed E-state index contributed by atoms with van der Waals surface area (Å²) >= 11 is 0. The lowest BCUT2D eigenvalue weighted by atomic mass is 10.1. The van der Waals surface area contributed by atoms with Crippen LogP contribution >= 0.6 is 0 Å². The van der Waals surface area contributed by atoms with E-state index >= 15 is 0 Å². The molecule has 1 fully saturated rings. The second-order valence-electron chi connectivity index (χ2n) is 8.57. The third-order valence-electron chi connectivity index (χ3n) is 6.17. The number of para-hydroxylation sites is 1. The molecule has 8 nitrogen and oxygen atoms in total. The Labute approximate surface area is 217 Å². The lowest BCUT2D eigenvalue weighted by molar-refractivity contribution is -0.137. The van der Waals surface area contributed by atoms with Crippen LogP contribution in [-0.4, -0.2) is 57.2 Å². The summed E-state index contributed by atoms with van der Waals surface area (Å²) < 4.78 is 71.8. The maximum Gasteiger partial charge on any atom is 0.416 e. The predicted molar refractivity (Wildman–Crippen MR) is 138 cm³/mol. The van der Waals surface area contributed by atoms with Crippen molar-refractivity contribution in [3.8, 4) is 0 Å². The summed E-state index contributed by atoms with van der Waals surface area (Å²) in [6.07, 6.45) is -2.13. The highest BCUT2D eigenvalue weighted by Gasteiger charge is 2.41. The van der Waals surface area contributed by atoms with Gasteiger partial charge in [-0.1, -0.05) is 30.3 Å². The summed E-state index contributed by atoms with van der Waals surface area (Å²) in [5.74, 6) is -0.513. The van der Waals surface area contributed by atoms with Gasteiger partial charge in [0.1, 0.15) is 11.6 Å². The number of fused-ring (bicyclic) bond motifs is 1. The zero-order chi connectivity index (χ0) is 27.5. The number of hydrogen-bond acceptors (Lipinski definition) is 6. The van der Waals surface area contributed by atoms with Gasteiger partial charge in [0, 0.05) is 25.0 Å². The van der Waals surface area contributed by atoms with Gasteiger partial charge < -0.3 is 9.73 Å². The second kappa shape index (κ2) is 10.9. The van der Waals surface area contributed by atoms with E-state index in [-0.39, 0.29) is 18.2 Å². The number of sulfonamides is 1. The molecule has 1 amide bonds. The van der Waals surface area contributed by atoms with Crippen LogP contribution in [0.25, 0.3) is 11.0 Å². The average Bonchev–Trinajstić information content (AvgIpc) is 3.57. The van der Waals surface area contributed by atoms with E-state index in [2.05, 4.69) is 22.0 Å². The molecule has 1 aliphatic heterocycles. The number of carbonyl (C=O) groups excluding carboxylic acids is 1. The Bertz CT molecular complexity index is 1480. The average molecular weight is 547 g/mol. The van der Waals surface area contributed by atoms with Gasteiger partial charge in [-0.2, -0.15) is 17.5 Å². The van der Waals surface area contributed by atoms with Gasteiger partial charge in [0.15, 0.2) is 0 Å². The Kier molecular flexibility index (Phi) is 7.83. The number of aliphatic imine (C=N–C) groups is 2. The molecule has 200 valence electrons. The molecule has 2 aromatic carbocycles. The summed E-state index contributed by atoms with van der Waals surface area (Å²) in [7, 11) is -2.58. The van der Waals surface area contributed by atoms with Crippen molar-refractivity contribution in [3.05, 3.63) is 77.5 Å². The lowest BCUT2D eigenvalue weighted by Gasteiger charge is -2.22. The van der Waals surface area contributed by atoms with Crippen molar-refractivity contribution in [3.63, 3.8) is 0 Å². The molecule has 1 aromatic heterocycles. The fraction of sp³-hybridized carbons (Fsp3) is 0.269. The first kappa shape index (κ1) is 27.3. The molecule has 0 aliphatic carbocycles. The molecule has 0 saturated carbocycles. The minimum absolute atomic E-state index is 0.0863. The first-order valence-corrected chi connectivity index (χ1v) is 13.1. The first-order valence-electron chi connectivity index (χ1n) is 11.6. The molecule has 1 N–H and O–H groups in total. The van der Waals surface area contributed by atoms with E-state index in [1.165, 1.54) is 31.3 Å². The largest absolute Gasteiger partial charge is 0.443 e. The van der Waals surface area contributed by atoms with Crippen LogP contribution in [0.2, 0.25) is 0 Å². The van der Waals surface area contributed by atoms with Crippen molar-refractivity contribution in [1.82, 2.24) is 9.62 Å². The molecule has 3 aromatic rings. The number of nitrogens with one attached hydrogen (secondary N) is 1. The molecule has 4 rings (SSSR count). The molecule has 0 radical (unpaired) electrons. The minimum Gasteiger partial charge on any atom is -0.443 e. The number of alkyl halides is 3. The Morgan fingerprint density at radius 1 is 1.21 bits per heavy atom. The number of amides is 1. The maximum absolute atomic E-state index is 13.3. The Balaban J connectivity index is 1.46. The van der Waals surface area contributed by atoms with E-state index in [1.807, 2.05) is 0 Å². The quantitative estimate of drug-likeness (QED) is 0.422. The maximum atomic E-state index is 13.3.